The maximum atomic E-state index is 12.4. The number of amides is 2. The summed E-state index contributed by atoms with van der Waals surface area (Å²) in [4.78, 5) is 31.9. The molecule has 0 saturated carbocycles. The molecule has 0 radical (unpaired) electrons. The van der Waals surface area contributed by atoms with Crippen molar-refractivity contribution >= 4 is 17.5 Å². The summed E-state index contributed by atoms with van der Waals surface area (Å²) >= 11 is 0. The number of carbonyl (C=O) groups is 2. The van der Waals surface area contributed by atoms with Crippen molar-refractivity contribution in [3.63, 3.8) is 0 Å². The maximum absolute atomic E-state index is 12.4. The number of rotatable bonds is 7. The number of hydrogen-bond donors (Lipinski definition) is 0. The molecule has 2 rings (SSSR count). The molecule has 5 heteroatoms. The van der Waals surface area contributed by atoms with Crippen LogP contribution < -0.4 is 4.90 Å². The molecule has 0 aliphatic heterocycles. The Hall–Kier alpha value is -2.69. The fourth-order valence-corrected chi connectivity index (χ4v) is 2.44. The predicted molar refractivity (Wildman–Crippen MR) is 94.7 cm³/mol. The van der Waals surface area contributed by atoms with Crippen LogP contribution in [0, 0.1) is 0 Å². The van der Waals surface area contributed by atoms with E-state index in [1.165, 1.54) is 0 Å². The molecule has 0 spiro atoms. The standard InChI is InChI=1S/C19H23N3O2/c1-3-22(17-7-5-4-6-8-17)19(24)15-18(23)21(2)14-11-16-9-12-20-13-10-16/h4-10,12-13H,3,11,14-15H2,1-2H3. The number of nitrogens with zero attached hydrogens (tertiary/aromatic N) is 3. The van der Waals surface area contributed by atoms with E-state index in [-0.39, 0.29) is 18.2 Å². The number of benzene rings is 1. The molecule has 24 heavy (non-hydrogen) atoms. The van der Waals surface area contributed by atoms with Gasteiger partial charge in [-0.1, -0.05) is 18.2 Å². The molecule has 0 saturated heterocycles. The second kappa shape index (κ2) is 8.82. The van der Waals surface area contributed by atoms with E-state index in [4.69, 9.17) is 0 Å². The lowest BCUT2D eigenvalue weighted by Crippen LogP contribution is -2.37. The van der Waals surface area contributed by atoms with E-state index in [1.807, 2.05) is 49.4 Å². The van der Waals surface area contributed by atoms with Crippen LogP contribution in [0.5, 0.6) is 0 Å². The van der Waals surface area contributed by atoms with Crippen molar-refractivity contribution < 1.29 is 9.59 Å². The fraction of sp³-hybridized carbons (Fsp3) is 0.316. The smallest absolute Gasteiger partial charge is 0.236 e. The molecule has 0 unspecified atom stereocenters. The van der Waals surface area contributed by atoms with Crippen LogP contribution in [-0.2, 0) is 16.0 Å². The largest absolute Gasteiger partial charge is 0.345 e. The van der Waals surface area contributed by atoms with E-state index >= 15 is 0 Å². The third kappa shape index (κ3) is 4.91. The predicted octanol–water partition coefficient (Wildman–Crippen LogP) is 2.53. The summed E-state index contributed by atoms with van der Waals surface area (Å²) in [7, 11) is 1.73. The highest BCUT2D eigenvalue weighted by Crippen LogP contribution is 2.14. The summed E-state index contributed by atoms with van der Waals surface area (Å²) in [6.07, 6.45) is 4.10. The van der Waals surface area contributed by atoms with Gasteiger partial charge in [0.15, 0.2) is 0 Å². The van der Waals surface area contributed by atoms with Gasteiger partial charge in [-0.25, -0.2) is 0 Å². The lowest BCUT2D eigenvalue weighted by atomic mass is 10.2. The highest BCUT2D eigenvalue weighted by Gasteiger charge is 2.19. The quantitative estimate of drug-likeness (QED) is 0.735. The van der Waals surface area contributed by atoms with Gasteiger partial charge in [0.1, 0.15) is 6.42 Å². The van der Waals surface area contributed by atoms with Gasteiger partial charge in [-0.15, -0.1) is 0 Å². The average molecular weight is 325 g/mol. The molecule has 0 N–H and O–H groups in total. The van der Waals surface area contributed by atoms with Crippen molar-refractivity contribution in [3.05, 3.63) is 60.4 Å². The van der Waals surface area contributed by atoms with Crippen molar-refractivity contribution in [3.8, 4) is 0 Å². The number of pyridine rings is 1. The van der Waals surface area contributed by atoms with Crippen molar-refractivity contribution in [2.24, 2.45) is 0 Å². The third-order valence-corrected chi connectivity index (χ3v) is 3.90. The van der Waals surface area contributed by atoms with Crippen molar-refractivity contribution in [1.29, 1.82) is 0 Å². The zero-order chi connectivity index (χ0) is 17.4. The molecule has 1 heterocycles. The van der Waals surface area contributed by atoms with Crippen LogP contribution in [0.15, 0.2) is 54.9 Å². The van der Waals surface area contributed by atoms with E-state index in [1.54, 1.807) is 29.2 Å². The molecular formula is C19H23N3O2. The van der Waals surface area contributed by atoms with Crippen LogP contribution in [-0.4, -0.2) is 41.8 Å². The van der Waals surface area contributed by atoms with E-state index < -0.39 is 0 Å². The second-order valence-electron chi connectivity index (χ2n) is 5.57. The van der Waals surface area contributed by atoms with Gasteiger partial charge in [-0.05, 0) is 43.2 Å². The summed E-state index contributed by atoms with van der Waals surface area (Å²) in [5, 5.41) is 0. The number of aromatic nitrogens is 1. The number of hydrogen-bond acceptors (Lipinski definition) is 3. The monoisotopic (exact) mass is 325 g/mol. The van der Waals surface area contributed by atoms with E-state index in [2.05, 4.69) is 4.98 Å². The van der Waals surface area contributed by atoms with Crippen LogP contribution in [0.2, 0.25) is 0 Å². The fourth-order valence-electron chi connectivity index (χ4n) is 2.44. The lowest BCUT2D eigenvalue weighted by molar-refractivity contribution is -0.134. The first-order chi connectivity index (χ1) is 11.6. The number of anilines is 1. The molecule has 1 aromatic heterocycles. The zero-order valence-electron chi connectivity index (χ0n) is 14.2. The molecule has 0 bridgehead atoms. The number of likely N-dealkylation sites (N-methyl/N-ethyl adjacent to an activating group) is 1. The minimum atomic E-state index is -0.176. The summed E-state index contributed by atoms with van der Waals surface area (Å²) < 4.78 is 0. The third-order valence-electron chi connectivity index (χ3n) is 3.90. The normalized spacial score (nSPS) is 10.2. The first-order valence-corrected chi connectivity index (χ1v) is 8.10. The van der Waals surface area contributed by atoms with Gasteiger partial charge in [0.2, 0.25) is 11.8 Å². The van der Waals surface area contributed by atoms with Gasteiger partial charge in [-0.2, -0.15) is 0 Å². The van der Waals surface area contributed by atoms with Gasteiger partial charge in [-0.3, -0.25) is 14.6 Å². The van der Waals surface area contributed by atoms with Crippen molar-refractivity contribution in [2.45, 2.75) is 19.8 Å². The number of carbonyl (C=O) groups excluding carboxylic acids is 2. The molecule has 126 valence electrons. The van der Waals surface area contributed by atoms with E-state index in [0.717, 1.165) is 17.7 Å². The zero-order valence-corrected chi connectivity index (χ0v) is 14.2. The Labute approximate surface area is 142 Å². The molecule has 0 aliphatic carbocycles. The Kier molecular flexibility index (Phi) is 6.49. The molecule has 0 aliphatic rings. The Morgan fingerprint density at radius 1 is 1.00 bits per heavy atom. The van der Waals surface area contributed by atoms with Crippen LogP contribution in [0.3, 0.4) is 0 Å². The molecule has 1 aromatic carbocycles. The molecule has 2 amide bonds. The highest BCUT2D eigenvalue weighted by atomic mass is 16.2. The van der Waals surface area contributed by atoms with Crippen LogP contribution in [0.25, 0.3) is 0 Å². The van der Waals surface area contributed by atoms with Crippen molar-refractivity contribution in [2.75, 3.05) is 25.0 Å². The molecule has 0 fully saturated rings. The Bertz CT molecular complexity index is 659. The Morgan fingerprint density at radius 3 is 2.29 bits per heavy atom. The van der Waals surface area contributed by atoms with Crippen molar-refractivity contribution in [1.82, 2.24) is 9.88 Å². The van der Waals surface area contributed by atoms with Gasteiger partial charge in [0, 0.05) is 38.2 Å². The Balaban J connectivity index is 1.89. The minimum absolute atomic E-state index is 0.115. The highest BCUT2D eigenvalue weighted by molar-refractivity contribution is 6.04. The van der Waals surface area contributed by atoms with Gasteiger partial charge in [0.25, 0.3) is 0 Å². The maximum Gasteiger partial charge on any atom is 0.236 e. The van der Waals surface area contributed by atoms with Gasteiger partial charge < -0.3 is 9.80 Å². The van der Waals surface area contributed by atoms with Crippen LogP contribution in [0.4, 0.5) is 5.69 Å². The van der Waals surface area contributed by atoms with E-state index in [9.17, 15) is 9.59 Å². The number of para-hydroxylation sites is 1. The van der Waals surface area contributed by atoms with Crippen LogP contribution >= 0.6 is 0 Å². The van der Waals surface area contributed by atoms with Gasteiger partial charge in [0.05, 0.1) is 0 Å². The lowest BCUT2D eigenvalue weighted by Gasteiger charge is -2.23. The molecule has 2 aromatic rings. The first-order valence-electron chi connectivity index (χ1n) is 8.10. The Morgan fingerprint density at radius 2 is 1.67 bits per heavy atom. The first kappa shape index (κ1) is 17.7. The molecule has 0 atom stereocenters. The summed E-state index contributed by atoms with van der Waals surface area (Å²) in [5.74, 6) is -0.340. The SMILES string of the molecule is CCN(C(=O)CC(=O)N(C)CCc1ccncc1)c1ccccc1. The topological polar surface area (TPSA) is 53.5 Å². The minimum Gasteiger partial charge on any atom is -0.345 e. The van der Waals surface area contributed by atoms with E-state index in [0.29, 0.717) is 13.1 Å². The molecule has 5 nitrogen and oxygen atoms in total. The van der Waals surface area contributed by atoms with Crippen LogP contribution in [0.1, 0.15) is 18.9 Å². The summed E-state index contributed by atoms with van der Waals surface area (Å²) in [5.41, 5.74) is 1.94. The second-order valence-corrected chi connectivity index (χ2v) is 5.57. The van der Waals surface area contributed by atoms with Gasteiger partial charge >= 0.3 is 0 Å². The summed E-state index contributed by atoms with van der Waals surface area (Å²) in [6.45, 7) is 3.02. The summed E-state index contributed by atoms with van der Waals surface area (Å²) in [6, 6.07) is 13.3. The average Bonchev–Trinajstić information content (AvgIpc) is 2.62. The molecular weight excluding hydrogens is 302 g/mol.